The highest BCUT2D eigenvalue weighted by atomic mass is 15.1. The van der Waals surface area contributed by atoms with Gasteiger partial charge in [-0.1, -0.05) is 0 Å². The molecule has 1 aromatic heterocycles. The van der Waals surface area contributed by atoms with E-state index in [4.69, 9.17) is 0 Å². The van der Waals surface area contributed by atoms with E-state index in [2.05, 4.69) is 28.5 Å². The first kappa shape index (κ1) is 8.75. The number of aryl methyl sites for hydroxylation is 1. The van der Waals surface area contributed by atoms with Crippen LogP contribution in [0.25, 0.3) is 0 Å². The van der Waals surface area contributed by atoms with E-state index >= 15 is 0 Å². The molecule has 72 valence electrons. The van der Waals surface area contributed by atoms with Gasteiger partial charge in [-0.2, -0.15) is 0 Å². The molecule has 3 nitrogen and oxygen atoms in total. The molecule has 0 aromatic carbocycles. The van der Waals surface area contributed by atoms with Crippen molar-refractivity contribution in [2.45, 2.75) is 18.8 Å². The Kier molecular flexibility index (Phi) is 2.36. The molecule has 0 aliphatic carbocycles. The molecule has 13 heavy (non-hydrogen) atoms. The molecule has 1 aliphatic heterocycles. The lowest BCUT2D eigenvalue weighted by atomic mass is 9.94. The Morgan fingerprint density at radius 1 is 1.31 bits per heavy atom. The summed E-state index contributed by atoms with van der Waals surface area (Å²) in [6, 6.07) is 0. The van der Waals surface area contributed by atoms with Gasteiger partial charge in [-0.3, -0.25) is 0 Å². The van der Waals surface area contributed by atoms with E-state index < -0.39 is 0 Å². The van der Waals surface area contributed by atoms with Crippen molar-refractivity contribution < 1.29 is 0 Å². The van der Waals surface area contributed by atoms with Gasteiger partial charge in [0.15, 0.2) is 0 Å². The lowest BCUT2D eigenvalue weighted by Crippen LogP contribution is -2.29. The third kappa shape index (κ3) is 1.75. The quantitative estimate of drug-likeness (QED) is 0.646. The molecule has 1 fully saturated rings. The third-order valence-electron chi connectivity index (χ3n) is 2.99. The van der Waals surface area contributed by atoms with Crippen molar-refractivity contribution in [3.05, 3.63) is 18.2 Å². The Balaban J connectivity index is 2.06. The maximum absolute atomic E-state index is 4.17. The van der Waals surface area contributed by atoms with Crippen LogP contribution in [-0.2, 0) is 7.05 Å². The molecule has 1 aromatic rings. The van der Waals surface area contributed by atoms with Gasteiger partial charge >= 0.3 is 0 Å². The van der Waals surface area contributed by atoms with Gasteiger partial charge < -0.3 is 9.47 Å². The van der Waals surface area contributed by atoms with Crippen molar-refractivity contribution in [1.29, 1.82) is 0 Å². The van der Waals surface area contributed by atoms with Crippen molar-refractivity contribution in [3.8, 4) is 0 Å². The van der Waals surface area contributed by atoms with Crippen molar-refractivity contribution in [3.63, 3.8) is 0 Å². The lowest BCUT2D eigenvalue weighted by molar-refractivity contribution is 0.251. The van der Waals surface area contributed by atoms with Gasteiger partial charge in [0.25, 0.3) is 0 Å². The Hall–Kier alpha value is -0.830. The summed E-state index contributed by atoms with van der Waals surface area (Å²) in [5.74, 6) is 0.726. The lowest BCUT2D eigenvalue weighted by Gasteiger charge is -2.28. The van der Waals surface area contributed by atoms with Crippen molar-refractivity contribution in [1.82, 2.24) is 14.5 Å². The highest BCUT2D eigenvalue weighted by Gasteiger charge is 2.20. The fourth-order valence-corrected chi connectivity index (χ4v) is 2.07. The molecule has 0 radical (unpaired) electrons. The van der Waals surface area contributed by atoms with Crippen LogP contribution < -0.4 is 0 Å². The van der Waals surface area contributed by atoms with E-state index in [1.807, 2.05) is 12.5 Å². The van der Waals surface area contributed by atoms with Gasteiger partial charge in [-0.15, -0.1) is 0 Å². The number of likely N-dealkylation sites (tertiary alicyclic amines) is 1. The average molecular weight is 179 g/mol. The summed E-state index contributed by atoms with van der Waals surface area (Å²) in [4.78, 5) is 6.56. The monoisotopic (exact) mass is 179 g/mol. The normalized spacial score (nSPS) is 20.8. The minimum absolute atomic E-state index is 0.726. The Morgan fingerprint density at radius 3 is 2.54 bits per heavy atom. The van der Waals surface area contributed by atoms with Crippen LogP contribution in [-0.4, -0.2) is 34.6 Å². The summed E-state index contributed by atoms with van der Waals surface area (Å²) in [5, 5.41) is 0. The zero-order chi connectivity index (χ0) is 9.26. The molecule has 0 saturated carbocycles. The maximum atomic E-state index is 4.17. The van der Waals surface area contributed by atoms with Crippen LogP contribution in [0.2, 0.25) is 0 Å². The number of hydrogen-bond donors (Lipinski definition) is 0. The van der Waals surface area contributed by atoms with Crippen LogP contribution in [0.4, 0.5) is 0 Å². The number of aromatic nitrogens is 2. The zero-order valence-electron chi connectivity index (χ0n) is 8.40. The van der Waals surface area contributed by atoms with Gasteiger partial charge in [0.1, 0.15) is 0 Å². The number of imidazole rings is 1. The van der Waals surface area contributed by atoms with E-state index in [0.29, 0.717) is 0 Å². The van der Waals surface area contributed by atoms with Gasteiger partial charge in [0, 0.05) is 24.9 Å². The summed E-state index contributed by atoms with van der Waals surface area (Å²) in [7, 11) is 4.28. The smallest absolute Gasteiger partial charge is 0.0945 e. The third-order valence-corrected chi connectivity index (χ3v) is 2.99. The highest BCUT2D eigenvalue weighted by molar-refractivity contribution is 5.07. The second-order valence-electron chi connectivity index (χ2n) is 4.01. The number of nitrogens with zero attached hydrogens (tertiary/aromatic N) is 3. The van der Waals surface area contributed by atoms with Gasteiger partial charge in [-0.25, -0.2) is 4.98 Å². The number of piperidine rings is 1. The second kappa shape index (κ2) is 3.50. The van der Waals surface area contributed by atoms with Gasteiger partial charge in [0.2, 0.25) is 0 Å². The van der Waals surface area contributed by atoms with Crippen LogP contribution in [0, 0.1) is 0 Å². The SMILES string of the molecule is CN1CCC(c2cncn2C)CC1. The molecule has 0 N–H and O–H groups in total. The Morgan fingerprint density at radius 2 is 2.00 bits per heavy atom. The maximum Gasteiger partial charge on any atom is 0.0945 e. The topological polar surface area (TPSA) is 21.1 Å². The second-order valence-corrected chi connectivity index (χ2v) is 4.01. The Labute approximate surface area is 79.4 Å². The predicted molar refractivity (Wildman–Crippen MR) is 52.7 cm³/mol. The van der Waals surface area contributed by atoms with Crippen LogP contribution in [0.5, 0.6) is 0 Å². The summed E-state index contributed by atoms with van der Waals surface area (Å²) >= 11 is 0. The van der Waals surface area contributed by atoms with Crippen molar-refractivity contribution in [2.24, 2.45) is 7.05 Å². The van der Waals surface area contributed by atoms with E-state index in [1.165, 1.54) is 31.6 Å². The molecule has 0 amide bonds. The molecule has 1 aliphatic rings. The van der Waals surface area contributed by atoms with Crippen molar-refractivity contribution in [2.75, 3.05) is 20.1 Å². The van der Waals surface area contributed by atoms with Crippen molar-refractivity contribution >= 4 is 0 Å². The molecule has 0 unspecified atom stereocenters. The van der Waals surface area contributed by atoms with E-state index in [9.17, 15) is 0 Å². The predicted octanol–water partition coefficient (Wildman–Crippen LogP) is 1.23. The van der Waals surface area contributed by atoms with Crippen LogP contribution in [0.1, 0.15) is 24.5 Å². The fraction of sp³-hybridized carbons (Fsp3) is 0.700. The molecule has 0 spiro atoms. The van der Waals surface area contributed by atoms with E-state index in [1.54, 1.807) is 0 Å². The number of rotatable bonds is 1. The zero-order valence-corrected chi connectivity index (χ0v) is 8.40. The van der Waals surface area contributed by atoms with Gasteiger partial charge in [-0.05, 0) is 33.0 Å². The molecule has 0 bridgehead atoms. The molecule has 2 rings (SSSR count). The molecular formula is C10H17N3. The molecule has 2 heterocycles. The first-order valence-electron chi connectivity index (χ1n) is 4.92. The standard InChI is InChI=1S/C10H17N3/c1-12-5-3-9(4-6-12)10-7-11-8-13(10)2/h7-9H,3-6H2,1-2H3. The fourth-order valence-electron chi connectivity index (χ4n) is 2.07. The summed E-state index contributed by atoms with van der Waals surface area (Å²) in [5.41, 5.74) is 1.40. The highest BCUT2D eigenvalue weighted by Crippen LogP contribution is 2.26. The van der Waals surface area contributed by atoms with Crippen LogP contribution in [0.15, 0.2) is 12.5 Å². The van der Waals surface area contributed by atoms with E-state index in [-0.39, 0.29) is 0 Å². The van der Waals surface area contributed by atoms with Crippen LogP contribution in [0.3, 0.4) is 0 Å². The molecular weight excluding hydrogens is 162 g/mol. The summed E-state index contributed by atoms with van der Waals surface area (Å²) in [6.45, 7) is 2.44. The van der Waals surface area contributed by atoms with E-state index in [0.717, 1.165) is 5.92 Å². The van der Waals surface area contributed by atoms with Crippen LogP contribution >= 0.6 is 0 Å². The molecule has 1 saturated heterocycles. The summed E-state index contributed by atoms with van der Waals surface area (Å²) < 4.78 is 2.15. The van der Waals surface area contributed by atoms with Gasteiger partial charge in [0.05, 0.1) is 6.33 Å². The molecule has 3 heteroatoms. The first-order chi connectivity index (χ1) is 6.27. The minimum Gasteiger partial charge on any atom is -0.337 e. The molecule has 0 atom stereocenters. The summed E-state index contributed by atoms with van der Waals surface area (Å²) in [6.07, 6.45) is 6.45. The first-order valence-corrected chi connectivity index (χ1v) is 4.92. The number of hydrogen-bond acceptors (Lipinski definition) is 2. The largest absolute Gasteiger partial charge is 0.337 e. The Bertz CT molecular complexity index is 271. The minimum atomic E-state index is 0.726. The average Bonchev–Trinajstić information content (AvgIpc) is 2.53.